The first kappa shape index (κ1) is 6.25. The molecule has 0 aromatic rings. The van der Waals surface area contributed by atoms with Gasteiger partial charge in [-0.05, 0) is 0 Å². The number of hydrogen-bond donors (Lipinski definition) is 1. The zero-order valence-electron chi connectivity index (χ0n) is 3.05. The van der Waals surface area contributed by atoms with Crippen LogP contribution >= 0.6 is 24.7 Å². The molecule has 0 saturated heterocycles. The summed E-state index contributed by atoms with van der Waals surface area (Å²) < 4.78 is 0. The van der Waals surface area contributed by atoms with E-state index in [2.05, 4.69) is 17.9 Å². The lowest BCUT2D eigenvalue weighted by atomic mass is 12.0. The summed E-state index contributed by atoms with van der Waals surface area (Å²) in [6.07, 6.45) is 0. The molecule has 0 heterocycles. The van der Waals surface area contributed by atoms with Crippen LogP contribution in [-0.4, -0.2) is 11.6 Å². The summed E-state index contributed by atoms with van der Waals surface area (Å²) >= 11 is 0. The van der Waals surface area contributed by atoms with Crippen LogP contribution in [-0.2, 0) is 0 Å². The zero-order valence-corrected chi connectivity index (χ0v) is 6.25. The fourth-order valence-corrected chi connectivity index (χ4v) is 0. The number of rotatable bonds is 0. The van der Waals surface area contributed by atoms with Crippen molar-refractivity contribution in [1.29, 1.82) is 0 Å². The molecule has 1 N–H and O–H groups in total. The van der Waals surface area contributed by atoms with E-state index in [1.165, 1.54) is 0 Å². The lowest BCUT2D eigenvalue weighted by Gasteiger charge is -1.93. The van der Waals surface area contributed by atoms with E-state index in [0.717, 1.165) is 0 Å². The smallest absolute Gasteiger partial charge is 0.162 e. The van der Waals surface area contributed by atoms with Crippen molar-refractivity contribution in [2.75, 3.05) is 6.66 Å². The molecule has 32 valence electrons. The molecule has 0 saturated carbocycles. The highest BCUT2D eigenvalue weighted by Gasteiger charge is 2.08. The van der Waals surface area contributed by atoms with Gasteiger partial charge in [-0.25, -0.2) is 4.89 Å². The van der Waals surface area contributed by atoms with Gasteiger partial charge in [-0.2, -0.15) is 0 Å². The average Bonchev–Trinajstić information content (AvgIpc) is 0.722. The van der Waals surface area contributed by atoms with Crippen molar-refractivity contribution in [3.63, 3.8) is 0 Å². The van der Waals surface area contributed by atoms with Gasteiger partial charge >= 0.3 is 0 Å². The van der Waals surface area contributed by atoms with Gasteiger partial charge in [0.15, 0.2) is 6.87 Å². The summed E-state index contributed by atoms with van der Waals surface area (Å²) in [6, 6.07) is 0. The minimum absolute atomic E-state index is 1.56. The van der Waals surface area contributed by atoms with E-state index >= 15 is 0 Å². The molecule has 0 aliphatic heterocycles. The van der Waals surface area contributed by atoms with Crippen LogP contribution in [0.5, 0.6) is 0 Å². The monoisotopic (exact) mass is 129 g/mol. The Bertz CT molecular complexity index is 22.4. The third-order valence-corrected chi connectivity index (χ3v) is 0. The third-order valence-electron chi connectivity index (χ3n) is 0. The molecule has 2 unspecified atom stereocenters. The molecule has 0 bridgehead atoms. The highest BCUT2D eigenvalue weighted by molar-refractivity contribution is 8.50. The van der Waals surface area contributed by atoms with Gasteiger partial charge in [0.2, 0.25) is 0 Å². The highest BCUT2D eigenvalue weighted by Crippen LogP contribution is 2.66. The summed E-state index contributed by atoms with van der Waals surface area (Å²) in [5.74, 6) is 0. The lowest BCUT2D eigenvalue weighted by molar-refractivity contribution is 0.642. The van der Waals surface area contributed by atoms with Crippen LogP contribution in [0.4, 0.5) is 0 Å². The van der Waals surface area contributed by atoms with Gasteiger partial charge < -0.3 is 0 Å². The van der Waals surface area contributed by atoms with Crippen LogP contribution < -0.4 is 0 Å². The van der Waals surface area contributed by atoms with Gasteiger partial charge in [0, 0.05) is 0 Å². The number of hydrogen-bond acceptors (Lipinski definition) is 1. The van der Waals surface area contributed by atoms with E-state index in [0.29, 0.717) is 0 Å². The summed E-state index contributed by atoms with van der Waals surface area (Å²) in [4.78, 5) is 8.56. The average molecular weight is 129 g/mol. The van der Waals surface area contributed by atoms with Crippen molar-refractivity contribution in [3.8, 4) is 0 Å². The van der Waals surface area contributed by atoms with Crippen LogP contribution in [0.25, 0.3) is 0 Å². The summed E-state index contributed by atoms with van der Waals surface area (Å²) in [5.41, 5.74) is 0. The Balaban J connectivity index is 3.02. The van der Waals surface area contributed by atoms with Gasteiger partial charge in [0.1, 0.15) is 0 Å². The van der Waals surface area contributed by atoms with Crippen LogP contribution in [0.1, 0.15) is 0 Å². The second-order valence-electron chi connectivity index (χ2n) is 1.10. The maximum absolute atomic E-state index is 8.56. The van der Waals surface area contributed by atoms with E-state index in [1.54, 1.807) is 6.66 Å². The molecule has 2 atom stereocenters. The molecule has 0 aromatic heterocycles. The molecular formula is CH8OP3+. The molecule has 0 aliphatic carbocycles. The maximum Gasteiger partial charge on any atom is 0.162 e. The summed E-state index contributed by atoms with van der Waals surface area (Å²) in [7, 11) is 4.69. The van der Waals surface area contributed by atoms with Gasteiger partial charge in [0.25, 0.3) is 0 Å². The van der Waals surface area contributed by atoms with Crippen LogP contribution in [0.3, 0.4) is 0 Å². The molecule has 0 rings (SSSR count). The van der Waals surface area contributed by atoms with Gasteiger partial charge in [-0.3, -0.25) is 0 Å². The SMILES string of the molecule is C[P+](O)(P)P. The first-order chi connectivity index (χ1) is 2.00. The second kappa shape index (κ2) is 1.80. The van der Waals surface area contributed by atoms with Crippen molar-refractivity contribution >= 4 is 24.7 Å². The Labute approximate surface area is 37.2 Å². The van der Waals surface area contributed by atoms with E-state index in [-0.39, 0.29) is 0 Å². The predicted octanol–water partition coefficient (Wildman–Crippen LogP) is 1.12. The topological polar surface area (TPSA) is 20.2 Å². The quantitative estimate of drug-likeness (QED) is 0.486. The molecule has 0 fully saturated rings. The summed E-state index contributed by atoms with van der Waals surface area (Å²) in [6.45, 7) is 0.225. The Morgan fingerprint density at radius 1 is 1.60 bits per heavy atom. The Hall–Kier alpha value is 1.25. The molecule has 1 nitrogen and oxygen atoms in total. The molecule has 0 spiro atoms. The van der Waals surface area contributed by atoms with Gasteiger partial charge in [-0.1, -0.05) is 0 Å². The van der Waals surface area contributed by atoms with Gasteiger partial charge in [0.05, 0.1) is 24.5 Å². The zero-order chi connectivity index (χ0) is 4.50. The third kappa shape index (κ3) is 35.5. The molecule has 4 heteroatoms. The Morgan fingerprint density at radius 2 is 1.60 bits per heavy atom. The van der Waals surface area contributed by atoms with E-state index in [1.807, 2.05) is 0 Å². The fourth-order valence-electron chi connectivity index (χ4n) is 0. The summed E-state index contributed by atoms with van der Waals surface area (Å²) in [5, 5.41) is 0. The lowest BCUT2D eigenvalue weighted by Crippen LogP contribution is -1.53. The predicted molar refractivity (Wildman–Crippen MR) is 34.5 cm³/mol. The standard InChI is InChI=1S/CH8OP3/c1-5(2,3)4/h2H,3-4H2,1H3/q+1. The van der Waals surface area contributed by atoms with Crippen molar-refractivity contribution in [2.45, 2.75) is 0 Å². The first-order valence-electron chi connectivity index (χ1n) is 1.16. The molecule has 0 radical (unpaired) electrons. The molecule has 0 aromatic carbocycles. The van der Waals surface area contributed by atoms with Crippen molar-refractivity contribution in [1.82, 2.24) is 0 Å². The largest absolute Gasteiger partial charge is 0.248 e. The normalized spacial score (nSPS) is 12.0. The van der Waals surface area contributed by atoms with Crippen molar-refractivity contribution in [2.24, 2.45) is 0 Å². The van der Waals surface area contributed by atoms with Crippen LogP contribution in [0.2, 0.25) is 0 Å². The maximum atomic E-state index is 8.56. The molecule has 0 aliphatic rings. The van der Waals surface area contributed by atoms with E-state index in [9.17, 15) is 0 Å². The molecule has 5 heavy (non-hydrogen) atoms. The highest BCUT2D eigenvalue weighted by atomic mass is 32.4. The first-order valence-corrected chi connectivity index (χ1v) is 6.59. The molecular weight excluding hydrogens is 121 g/mol. The van der Waals surface area contributed by atoms with Crippen molar-refractivity contribution < 1.29 is 4.89 Å². The fraction of sp³-hybridized carbons (Fsp3) is 1.00. The van der Waals surface area contributed by atoms with Crippen LogP contribution in [0, 0.1) is 0 Å². The van der Waals surface area contributed by atoms with Gasteiger partial charge in [-0.15, -0.1) is 0 Å². The van der Waals surface area contributed by atoms with Crippen molar-refractivity contribution in [3.05, 3.63) is 0 Å². The van der Waals surface area contributed by atoms with E-state index < -0.39 is 6.87 Å². The Kier molecular flexibility index (Phi) is 2.26. The Morgan fingerprint density at radius 3 is 1.60 bits per heavy atom. The minimum Gasteiger partial charge on any atom is -0.248 e. The minimum atomic E-state index is -1.56. The van der Waals surface area contributed by atoms with E-state index in [4.69, 9.17) is 4.89 Å². The molecule has 0 amide bonds. The second-order valence-corrected chi connectivity index (χ2v) is 11.4. The van der Waals surface area contributed by atoms with Crippen LogP contribution in [0.15, 0.2) is 0 Å².